The first-order valence-corrected chi connectivity index (χ1v) is 6.30. The van der Waals surface area contributed by atoms with E-state index in [2.05, 4.69) is 27.2 Å². The van der Waals surface area contributed by atoms with E-state index in [-0.39, 0.29) is 5.84 Å². The van der Waals surface area contributed by atoms with Crippen molar-refractivity contribution in [3.8, 4) is 0 Å². The molecule has 0 atom stereocenters. The zero-order valence-electron chi connectivity index (χ0n) is 10.6. The Morgan fingerprint density at radius 1 is 1.61 bits per heavy atom. The zero-order chi connectivity index (χ0) is 13.0. The molecule has 0 bridgehead atoms. The van der Waals surface area contributed by atoms with Crippen LogP contribution < -0.4 is 10.6 Å². The summed E-state index contributed by atoms with van der Waals surface area (Å²) in [4.78, 5) is 2.18. The van der Waals surface area contributed by atoms with Gasteiger partial charge in [0.25, 0.3) is 0 Å². The van der Waals surface area contributed by atoms with Gasteiger partial charge in [-0.25, -0.2) is 0 Å². The molecule has 1 aliphatic rings. The highest BCUT2D eigenvalue weighted by Crippen LogP contribution is 2.31. The number of hydrogen-bond donors (Lipinski definition) is 2. The lowest BCUT2D eigenvalue weighted by Crippen LogP contribution is -2.30. The number of nitrogens with two attached hydrogens (primary N) is 1. The molecule has 1 saturated carbocycles. The predicted molar refractivity (Wildman–Crippen MR) is 69.8 cm³/mol. The maximum Gasteiger partial charge on any atom is 0.173 e. The third-order valence-electron chi connectivity index (χ3n) is 3.05. The smallest absolute Gasteiger partial charge is 0.173 e. The maximum absolute atomic E-state index is 8.81. The molecule has 18 heavy (non-hydrogen) atoms. The Hall–Kier alpha value is -1.85. The van der Waals surface area contributed by atoms with Crippen molar-refractivity contribution in [1.29, 1.82) is 0 Å². The molecule has 0 unspecified atom stereocenters. The van der Waals surface area contributed by atoms with Gasteiger partial charge in [0.05, 0.1) is 11.8 Å². The van der Waals surface area contributed by atoms with Crippen LogP contribution in [0.3, 0.4) is 0 Å². The second-order valence-corrected chi connectivity index (χ2v) is 4.64. The fourth-order valence-corrected chi connectivity index (χ4v) is 1.98. The summed E-state index contributed by atoms with van der Waals surface area (Å²) in [5.41, 5.74) is 6.32. The number of rotatable bonds is 6. The number of hydrogen-bond acceptors (Lipinski definition) is 5. The van der Waals surface area contributed by atoms with E-state index in [9.17, 15) is 0 Å². The van der Waals surface area contributed by atoms with Crippen LogP contribution in [0, 0.1) is 5.92 Å². The molecule has 0 amide bonds. The van der Waals surface area contributed by atoms with Crippen molar-refractivity contribution < 1.29 is 5.21 Å². The Labute approximate surface area is 106 Å². The van der Waals surface area contributed by atoms with Crippen LogP contribution >= 0.6 is 0 Å². The summed E-state index contributed by atoms with van der Waals surface area (Å²) in [6.45, 7) is 4.00. The van der Waals surface area contributed by atoms with Gasteiger partial charge in [-0.3, -0.25) is 0 Å². The molecule has 1 aromatic heterocycles. The van der Waals surface area contributed by atoms with Crippen molar-refractivity contribution in [2.75, 3.05) is 18.0 Å². The number of anilines is 1. The van der Waals surface area contributed by atoms with E-state index in [1.807, 2.05) is 0 Å². The SMILES string of the molecule is CCCN(CC1CC1)c1nnccc1/C(N)=N/O. The van der Waals surface area contributed by atoms with Crippen molar-refractivity contribution in [3.63, 3.8) is 0 Å². The molecule has 1 aromatic rings. The average molecular weight is 249 g/mol. The second kappa shape index (κ2) is 5.66. The van der Waals surface area contributed by atoms with Crippen LogP contribution in [0.5, 0.6) is 0 Å². The quantitative estimate of drug-likeness (QED) is 0.342. The highest BCUT2D eigenvalue weighted by Gasteiger charge is 2.26. The van der Waals surface area contributed by atoms with Gasteiger partial charge in [0.1, 0.15) is 0 Å². The molecule has 2 rings (SSSR count). The van der Waals surface area contributed by atoms with Crippen LogP contribution in [0.1, 0.15) is 31.7 Å². The van der Waals surface area contributed by atoms with Gasteiger partial charge in [-0.15, -0.1) is 5.10 Å². The molecule has 0 aromatic carbocycles. The van der Waals surface area contributed by atoms with Gasteiger partial charge in [-0.1, -0.05) is 12.1 Å². The van der Waals surface area contributed by atoms with Crippen molar-refractivity contribution in [2.24, 2.45) is 16.8 Å². The lowest BCUT2D eigenvalue weighted by atomic mass is 10.2. The highest BCUT2D eigenvalue weighted by atomic mass is 16.4. The van der Waals surface area contributed by atoms with E-state index in [1.54, 1.807) is 12.3 Å². The van der Waals surface area contributed by atoms with E-state index in [1.165, 1.54) is 12.8 Å². The molecule has 1 fully saturated rings. The van der Waals surface area contributed by atoms with Crippen molar-refractivity contribution >= 4 is 11.7 Å². The molecular formula is C12H19N5O. The molecule has 98 valence electrons. The fraction of sp³-hybridized carbons (Fsp3) is 0.583. The molecule has 6 heteroatoms. The molecule has 6 nitrogen and oxygen atoms in total. The standard InChI is InChI=1S/C12H19N5O/c1-2-7-17(8-9-3-4-9)12-10(11(13)16-18)5-6-14-15-12/h5-6,9,18H,2-4,7-8H2,1H3,(H2,13,16). The molecule has 0 saturated heterocycles. The molecule has 0 radical (unpaired) electrons. The summed E-state index contributed by atoms with van der Waals surface area (Å²) in [6, 6.07) is 1.73. The van der Waals surface area contributed by atoms with Crippen molar-refractivity contribution in [3.05, 3.63) is 17.8 Å². The number of oxime groups is 1. The first-order chi connectivity index (χ1) is 8.76. The molecular weight excluding hydrogens is 230 g/mol. The lowest BCUT2D eigenvalue weighted by Gasteiger charge is -2.24. The lowest BCUT2D eigenvalue weighted by molar-refractivity contribution is 0.318. The molecule has 1 heterocycles. The summed E-state index contributed by atoms with van der Waals surface area (Å²) in [5, 5.41) is 19.9. The predicted octanol–water partition coefficient (Wildman–Crippen LogP) is 1.20. The fourth-order valence-electron chi connectivity index (χ4n) is 1.98. The monoisotopic (exact) mass is 249 g/mol. The van der Waals surface area contributed by atoms with Gasteiger partial charge in [-0.05, 0) is 31.2 Å². The largest absolute Gasteiger partial charge is 0.409 e. The average Bonchev–Trinajstić information content (AvgIpc) is 3.21. The Morgan fingerprint density at radius 3 is 3.00 bits per heavy atom. The summed E-state index contributed by atoms with van der Waals surface area (Å²) < 4.78 is 0. The van der Waals surface area contributed by atoms with Gasteiger partial charge in [0.2, 0.25) is 0 Å². The van der Waals surface area contributed by atoms with Crippen LogP contribution in [0.2, 0.25) is 0 Å². The van der Waals surface area contributed by atoms with Crippen LogP contribution in [-0.4, -0.2) is 34.3 Å². The summed E-state index contributed by atoms with van der Waals surface area (Å²) in [6.07, 6.45) is 5.13. The van der Waals surface area contributed by atoms with E-state index in [4.69, 9.17) is 10.9 Å². The van der Waals surface area contributed by atoms with Gasteiger partial charge in [-0.2, -0.15) is 5.10 Å². The van der Waals surface area contributed by atoms with Gasteiger partial charge < -0.3 is 15.8 Å². The Kier molecular flexibility index (Phi) is 3.96. The first kappa shape index (κ1) is 12.6. The zero-order valence-corrected chi connectivity index (χ0v) is 10.6. The number of aromatic nitrogens is 2. The van der Waals surface area contributed by atoms with Crippen molar-refractivity contribution in [2.45, 2.75) is 26.2 Å². The summed E-state index contributed by atoms with van der Waals surface area (Å²) in [7, 11) is 0. The molecule has 1 aliphatic carbocycles. The minimum absolute atomic E-state index is 0.0804. The minimum Gasteiger partial charge on any atom is -0.409 e. The van der Waals surface area contributed by atoms with E-state index < -0.39 is 0 Å². The third-order valence-corrected chi connectivity index (χ3v) is 3.05. The third kappa shape index (κ3) is 2.88. The second-order valence-electron chi connectivity index (χ2n) is 4.64. The van der Waals surface area contributed by atoms with E-state index >= 15 is 0 Å². The highest BCUT2D eigenvalue weighted by molar-refractivity contribution is 6.01. The van der Waals surface area contributed by atoms with Crippen LogP contribution in [0.4, 0.5) is 5.82 Å². The van der Waals surface area contributed by atoms with Crippen LogP contribution in [0.25, 0.3) is 0 Å². The molecule has 3 N–H and O–H groups in total. The molecule has 0 aliphatic heterocycles. The summed E-state index contributed by atoms with van der Waals surface area (Å²) in [5.74, 6) is 1.54. The molecule has 0 spiro atoms. The van der Waals surface area contributed by atoms with Gasteiger partial charge in [0, 0.05) is 13.1 Å². The number of nitrogens with zero attached hydrogens (tertiary/aromatic N) is 4. The van der Waals surface area contributed by atoms with Gasteiger partial charge >= 0.3 is 0 Å². The summed E-state index contributed by atoms with van der Waals surface area (Å²) >= 11 is 0. The van der Waals surface area contributed by atoms with Crippen molar-refractivity contribution in [1.82, 2.24) is 10.2 Å². The van der Waals surface area contributed by atoms with Crippen LogP contribution in [0.15, 0.2) is 17.4 Å². The minimum atomic E-state index is 0.0804. The van der Waals surface area contributed by atoms with E-state index in [0.29, 0.717) is 11.4 Å². The Bertz CT molecular complexity index is 430. The Morgan fingerprint density at radius 2 is 2.39 bits per heavy atom. The maximum atomic E-state index is 8.81. The Balaban J connectivity index is 2.27. The number of amidine groups is 1. The van der Waals surface area contributed by atoms with E-state index in [0.717, 1.165) is 25.4 Å². The van der Waals surface area contributed by atoms with Crippen LogP contribution in [-0.2, 0) is 0 Å². The topological polar surface area (TPSA) is 87.6 Å². The normalized spacial score (nSPS) is 15.7. The van der Waals surface area contributed by atoms with Gasteiger partial charge in [0.15, 0.2) is 11.7 Å². The first-order valence-electron chi connectivity index (χ1n) is 6.30.